The van der Waals surface area contributed by atoms with Crippen molar-refractivity contribution >= 4 is 5.91 Å². The van der Waals surface area contributed by atoms with E-state index in [9.17, 15) is 18.0 Å². The van der Waals surface area contributed by atoms with E-state index in [1.165, 1.54) is 18.2 Å². The Bertz CT molecular complexity index is 1040. The Morgan fingerprint density at radius 2 is 1.76 bits per heavy atom. The van der Waals surface area contributed by atoms with E-state index in [0.29, 0.717) is 30.5 Å². The molecule has 1 amide bonds. The number of carbonyl (C=O) groups is 1. The minimum Gasteiger partial charge on any atom is -0.338 e. The smallest absolute Gasteiger partial charge is 0.256 e. The number of nitrogens with zero attached hydrogens (tertiary/aromatic N) is 3. The predicted molar refractivity (Wildman–Crippen MR) is 102 cm³/mol. The topological polar surface area (TPSA) is 46.1 Å². The number of likely N-dealkylation sites (tertiary alicyclic amines) is 1. The number of halogens is 3. The molecular weight excluding hydrogens is 379 g/mol. The first kappa shape index (κ1) is 19.1. The van der Waals surface area contributed by atoms with Crippen molar-refractivity contribution in [3.63, 3.8) is 0 Å². The number of hydrogen-bond acceptors (Lipinski definition) is 3. The first-order chi connectivity index (χ1) is 14.0. The van der Waals surface area contributed by atoms with Gasteiger partial charge in [0.1, 0.15) is 17.5 Å². The summed E-state index contributed by atoms with van der Waals surface area (Å²) in [6.45, 7) is 0.886. The molecule has 1 aliphatic rings. The van der Waals surface area contributed by atoms with E-state index in [-0.39, 0.29) is 17.3 Å². The van der Waals surface area contributed by atoms with E-state index in [1.54, 1.807) is 29.3 Å². The van der Waals surface area contributed by atoms with Crippen molar-refractivity contribution < 1.29 is 18.0 Å². The van der Waals surface area contributed by atoms with Gasteiger partial charge in [-0.05, 0) is 55.3 Å². The zero-order valence-corrected chi connectivity index (χ0v) is 15.5. The molecule has 0 unspecified atom stereocenters. The van der Waals surface area contributed by atoms with Gasteiger partial charge in [-0.2, -0.15) is 0 Å². The highest BCUT2D eigenvalue weighted by Gasteiger charge is 2.28. The molecule has 2 aromatic carbocycles. The number of hydrogen-bond donors (Lipinski definition) is 0. The Labute approximate surface area is 166 Å². The summed E-state index contributed by atoms with van der Waals surface area (Å²) in [6.07, 6.45) is 3.21. The van der Waals surface area contributed by atoms with Crippen molar-refractivity contribution in [1.29, 1.82) is 0 Å². The summed E-state index contributed by atoms with van der Waals surface area (Å²) >= 11 is 0. The molecule has 0 N–H and O–H groups in total. The predicted octanol–water partition coefficient (Wildman–Crippen LogP) is 4.58. The maximum Gasteiger partial charge on any atom is 0.256 e. The molecule has 4 rings (SSSR count). The van der Waals surface area contributed by atoms with Gasteiger partial charge in [-0.15, -0.1) is 0 Å². The van der Waals surface area contributed by atoms with E-state index in [4.69, 9.17) is 0 Å². The van der Waals surface area contributed by atoms with Crippen LogP contribution in [0.15, 0.2) is 54.7 Å². The van der Waals surface area contributed by atoms with E-state index in [1.807, 2.05) is 0 Å². The van der Waals surface area contributed by atoms with Gasteiger partial charge in [0.15, 0.2) is 5.82 Å². The number of amides is 1. The van der Waals surface area contributed by atoms with Crippen molar-refractivity contribution in [1.82, 2.24) is 14.9 Å². The van der Waals surface area contributed by atoms with Crippen LogP contribution < -0.4 is 0 Å². The third kappa shape index (κ3) is 4.13. The lowest BCUT2D eigenvalue weighted by atomic mass is 9.94. The largest absolute Gasteiger partial charge is 0.338 e. The first-order valence-electron chi connectivity index (χ1n) is 9.34. The molecule has 1 aromatic heterocycles. The van der Waals surface area contributed by atoms with Gasteiger partial charge in [0.25, 0.3) is 5.91 Å². The molecule has 29 heavy (non-hydrogen) atoms. The maximum absolute atomic E-state index is 14.0. The molecule has 1 fully saturated rings. The lowest BCUT2D eigenvalue weighted by molar-refractivity contribution is 0.0701. The average molecular weight is 397 g/mol. The van der Waals surface area contributed by atoms with Gasteiger partial charge < -0.3 is 4.90 Å². The molecule has 0 aliphatic carbocycles. The van der Waals surface area contributed by atoms with Gasteiger partial charge in [0, 0.05) is 42.5 Å². The molecule has 0 bridgehead atoms. The van der Waals surface area contributed by atoms with Gasteiger partial charge in [-0.25, -0.2) is 23.1 Å². The molecule has 148 valence electrons. The maximum atomic E-state index is 14.0. The van der Waals surface area contributed by atoms with Crippen LogP contribution in [0.5, 0.6) is 0 Å². The molecule has 3 aromatic rings. The zero-order valence-electron chi connectivity index (χ0n) is 15.5. The zero-order chi connectivity index (χ0) is 20.4. The summed E-state index contributed by atoms with van der Waals surface area (Å²) in [5, 5.41) is 0. The second kappa shape index (κ2) is 8.03. The summed E-state index contributed by atoms with van der Waals surface area (Å²) in [7, 11) is 0. The van der Waals surface area contributed by atoms with Crippen LogP contribution in [0.3, 0.4) is 0 Å². The second-order valence-electron chi connectivity index (χ2n) is 7.03. The molecule has 1 atom stereocenters. The number of carbonyl (C=O) groups excluding carboxylic acids is 1. The third-order valence-corrected chi connectivity index (χ3v) is 5.07. The van der Waals surface area contributed by atoms with Gasteiger partial charge in [0.2, 0.25) is 0 Å². The summed E-state index contributed by atoms with van der Waals surface area (Å²) in [5.74, 6) is -1.92. The van der Waals surface area contributed by atoms with E-state index < -0.39 is 17.5 Å². The molecular formula is C22H18F3N3O. The fourth-order valence-corrected chi connectivity index (χ4v) is 3.57. The molecule has 7 heteroatoms. The first-order valence-corrected chi connectivity index (χ1v) is 9.34. The highest BCUT2D eigenvalue weighted by Crippen LogP contribution is 2.28. The second-order valence-corrected chi connectivity index (χ2v) is 7.03. The van der Waals surface area contributed by atoms with Gasteiger partial charge in [-0.3, -0.25) is 4.79 Å². The van der Waals surface area contributed by atoms with Crippen molar-refractivity contribution in [3.8, 4) is 11.4 Å². The monoisotopic (exact) mass is 397 g/mol. The standard InChI is InChI=1S/C22H18F3N3O/c23-16-5-3-14(4-6-16)21-26-10-9-20(27-21)15-2-1-11-28(13-15)22(29)18-8-7-17(24)12-19(18)25/h3-10,12,15H,1-2,11,13H2/t15-/m0/s1. The van der Waals surface area contributed by atoms with Gasteiger partial charge in [0.05, 0.1) is 5.56 Å². The molecule has 0 spiro atoms. The van der Waals surface area contributed by atoms with Crippen LogP contribution in [0, 0.1) is 17.5 Å². The summed E-state index contributed by atoms with van der Waals surface area (Å²) in [4.78, 5) is 23.2. The molecule has 2 heterocycles. The Morgan fingerprint density at radius 1 is 1.00 bits per heavy atom. The SMILES string of the molecule is O=C(c1ccc(F)cc1F)N1CCC[C@H](c2ccnc(-c3ccc(F)cc3)n2)C1. The van der Waals surface area contributed by atoms with Gasteiger partial charge in [-0.1, -0.05) is 0 Å². The quantitative estimate of drug-likeness (QED) is 0.650. The highest BCUT2D eigenvalue weighted by atomic mass is 19.1. The Morgan fingerprint density at radius 3 is 2.52 bits per heavy atom. The highest BCUT2D eigenvalue weighted by molar-refractivity contribution is 5.94. The fourth-order valence-electron chi connectivity index (χ4n) is 3.57. The normalized spacial score (nSPS) is 16.7. The third-order valence-electron chi connectivity index (χ3n) is 5.07. The number of benzene rings is 2. The Kier molecular flexibility index (Phi) is 5.29. The minimum atomic E-state index is -0.863. The summed E-state index contributed by atoms with van der Waals surface area (Å²) in [6, 6.07) is 10.7. The van der Waals surface area contributed by atoms with Crippen LogP contribution in [0.4, 0.5) is 13.2 Å². The molecule has 1 saturated heterocycles. The molecule has 4 nitrogen and oxygen atoms in total. The fraction of sp³-hybridized carbons (Fsp3) is 0.227. The van der Waals surface area contributed by atoms with E-state index in [2.05, 4.69) is 9.97 Å². The lowest BCUT2D eigenvalue weighted by Gasteiger charge is -2.32. The number of rotatable bonds is 3. The Hall–Kier alpha value is -3.22. The summed E-state index contributed by atoms with van der Waals surface area (Å²) < 4.78 is 40.3. The van der Waals surface area contributed by atoms with Crippen molar-refractivity contribution in [2.24, 2.45) is 0 Å². The van der Waals surface area contributed by atoms with Crippen LogP contribution in [-0.2, 0) is 0 Å². The number of piperidine rings is 1. The van der Waals surface area contributed by atoms with Crippen molar-refractivity contribution in [3.05, 3.63) is 83.4 Å². The van der Waals surface area contributed by atoms with Gasteiger partial charge >= 0.3 is 0 Å². The molecule has 0 saturated carbocycles. The van der Waals surface area contributed by atoms with Crippen molar-refractivity contribution in [2.75, 3.05) is 13.1 Å². The van der Waals surface area contributed by atoms with E-state index in [0.717, 1.165) is 24.6 Å². The Balaban J connectivity index is 1.55. The van der Waals surface area contributed by atoms with Crippen LogP contribution >= 0.6 is 0 Å². The van der Waals surface area contributed by atoms with Crippen molar-refractivity contribution in [2.45, 2.75) is 18.8 Å². The van der Waals surface area contributed by atoms with Crippen LogP contribution in [0.25, 0.3) is 11.4 Å². The van der Waals surface area contributed by atoms with Crippen LogP contribution in [-0.4, -0.2) is 33.9 Å². The lowest BCUT2D eigenvalue weighted by Crippen LogP contribution is -2.39. The number of aromatic nitrogens is 2. The minimum absolute atomic E-state index is 0.0293. The van der Waals surface area contributed by atoms with Crippen LogP contribution in [0.1, 0.15) is 34.8 Å². The molecule has 0 radical (unpaired) electrons. The van der Waals surface area contributed by atoms with Crippen LogP contribution in [0.2, 0.25) is 0 Å². The molecule has 1 aliphatic heterocycles. The average Bonchev–Trinajstić information content (AvgIpc) is 2.74. The van der Waals surface area contributed by atoms with E-state index >= 15 is 0 Å². The summed E-state index contributed by atoms with van der Waals surface area (Å²) in [5.41, 5.74) is 1.34.